The molecule has 1 fully saturated rings. The Bertz CT molecular complexity index is 773. The third-order valence-electron chi connectivity index (χ3n) is 4.16. The van der Waals surface area contributed by atoms with E-state index in [1.807, 2.05) is 4.90 Å². The first-order chi connectivity index (χ1) is 12.5. The number of hydrogen-bond acceptors (Lipinski definition) is 6. The van der Waals surface area contributed by atoms with Gasteiger partial charge in [-0.3, -0.25) is 9.59 Å². The molecule has 0 bridgehead atoms. The lowest BCUT2D eigenvalue weighted by molar-refractivity contribution is -0.129. The van der Waals surface area contributed by atoms with Gasteiger partial charge in [-0.05, 0) is 43.0 Å². The van der Waals surface area contributed by atoms with Crippen molar-refractivity contribution >= 4 is 52.2 Å². The number of carbonyl (C=O) groups excluding carboxylic acids is 2. The second kappa shape index (κ2) is 8.83. The molecule has 9 heteroatoms. The minimum atomic E-state index is -0.326. The molecular weight excluding hydrogens is 392 g/mol. The van der Waals surface area contributed by atoms with Gasteiger partial charge in [0.15, 0.2) is 4.34 Å². The summed E-state index contributed by atoms with van der Waals surface area (Å²) < 4.78 is 0.616. The highest BCUT2D eigenvalue weighted by Gasteiger charge is 2.21. The molecule has 1 aliphatic rings. The van der Waals surface area contributed by atoms with Gasteiger partial charge in [0.2, 0.25) is 10.9 Å². The number of nitrogens with zero attached hydrogens (tertiary/aromatic N) is 3. The van der Waals surface area contributed by atoms with E-state index in [4.69, 9.17) is 11.6 Å². The van der Waals surface area contributed by atoms with Gasteiger partial charge in [0, 0.05) is 23.8 Å². The number of anilines is 1. The average Bonchev–Trinajstić information content (AvgIpc) is 3.11. The molecule has 0 saturated carbocycles. The highest BCUT2D eigenvalue weighted by molar-refractivity contribution is 8.01. The Morgan fingerprint density at radius 2 is 1.96 bits per heavy atom. The summed E-state index contributed by atoms with van der Waals surface area (Å²) in [6.45, 7) is 3.87. The van der Waals surface area contributed by atoms with Crippen molar-refractivity contribution in [3.8, 4) is 0 Å². The second-order valence-corrected chi connectivity index (χ2v) is 8.82. The maximum absolute atomic E-state index is 12.3. The van der Waals surface area contributed by atoms with Crippen LogP contribution < -0.4 is 5.32 Å². The van der Waals surface area contributed by atoms with Crippen LogP contribution in [0.15, 0.2) is 28.6 Å². The molecule has 0 spiro atoms. The predicted molar refractivity (Wildman–Crippen MR) is 105 cm³/mol. The van der Waals surface area contributed by atoms with E-state index in [2.05, 4.69) is 22.4 Å². The van der Waals surface area contributed by atoms with Gasteiger partial charge in [-0.1, -0.05) is 41.6 Å². The standard InChI is InChI=1S/C17H19ClN4O2S2/c1-11-6-8-22(9-7-11)14(23)10-25-17-21-20-16(26-17)15(24)19-13-4-2-12(18)3-5-13/h2-5,11H,6-10H2,1H3,(H,19,24). The van der Waals surface area contributed by atoms with Crippen molar-refractivity contribution in [2.45, 2.75) is 24.1 Å². The number of nitrogens with one attached hydrogen (secondary N) is 1. The molecule has 26 heavy (non-hydrogen) atoms. The summed E-state index contributed by atoms with van der Waals surface area (Å²) in [4.78, 5) is 26.4. The number of halogens is 1. The SMILES string of the molecule is CC1CCN(C(=O)CSc2nnc(C(=O)Nc3ccc(Cl)cc3)s2)CC1. The zero-order valence-corrected chi connectivity index (χ0v) is 16.7. The number of amides is 2. The lowest BCUT2D eigenvalue weighted by atomic mass is 9.99. The summed E-state index contributed by atoms with van der Waals surface area (Å²) in [6.07, 6.45) is 2.12. The Labute approximate surface area is 165 Å². The van der Waals surface area contributed by atoms with Gasteiger partial charge >= 0.3 is 0 Å². The molecule has 2 amide bonds. The van der Waals surface area contributed by atoms with E-state index in [1.54, 1.807) is 24.3 Å². The van der Waals surface area contributed by atoms with Crippen LogP contribution >= 0.6 is 34.7 Å². The Hall–Kier alpha value is -1.64. The maximum Gasteiger partial charge on any atom is 0.286 e. The predicted octanol–water partition coefficient (Wildman–Crippen LogP) is 3.79. The first kappa shape index (κ1) is 19.1. The van der Waals surface area contributed by atoms with Crippen LogP contribution in [0.25, 0.3) is 0 Å². The highest BCUT2D eigenvalue weighted by Crippen LogP contribution is 2.25. The number of likely N-dealkylation sites (tertiary alicyclic amines) is 1. The maximum atomic E-state index is 12.3. The normalized spacial score (nSPS) is 15.1. The van der Waals surface area contributed by atoms with E-state index in [1.165, 1.54) is 23.1 Å². The third-order valence-corrected chi connectivity index (χ3v) is 6.45. The molecule has 2 heterocycles. The molecule has 1 aromatic heterocycles. The van der Waals surface area contributed by atoms with Crippen molar-refractivity contribution in [1.29, 1.82) is 0 Å². The molecule has 0 radical (unpaired) electrons. The van der Waals surface area contributed by atoms with Crippen LogP contribution in [-0.2, 0) is 4.79 Å². The second-order valence-electron chi connectivity index (χ2n) is 6.19. The van der Waals surface area contributed by atoms with Crippen molar-refractivity contribution in [1.82, 2.24) is 15.1 Å². The summed E-state index contributed by atoms with van der Waals surface area (Å²) in [5, 5.41) is 11.5. The van der Waals surface area contributed by atoms with E-state index in [-0.39, 0.29) is 16.8 Å². The summed E-state index contributed by atoms with van der Waals surface area (Å²) in [5.74, 6) is 0.802. The quantitative estimate of drug-likeness (QED) is 0.759. The summed E-state index contributed by atoms with van der Waals surface area (Å²) in [7, 11) is 0. The van der Waals surface area contributed by atoms with Crippen LogP contribution in [0.2, 0.25) is 5.02 Å². The molecule has 0 aliphatic carbocycles. The molecule has 0 unspecified atom stereocenters. The molecule has 1 aromatic carbocycles. The molecule has 6 nitrogen and oxygen atoms in total. The molecule has 3 rings (SSSR count). The Morgan fingerprint density at radius 1 is 1.27 bits per heavy atom. The van der Waals surface area contributed by atoms with Gasteiger partial charge in [0.1, 0.15) is 0 Å². The molecular formula is C17H19ClN4O2S2. The monoisotopic (exact) mass is 410 g/mol. The number of piperidine rings is 1. The largest absolute Gasteiger partial charge is 0.342 e. The van der Waals surface area contributed by atoms with Crippen molar-refractivity contribution in [2.75, 3.05) is 24.2 Å². The lowest BCUT2D eigenvalue weighted by Gasteiger charge is -2.30. The average molecular weight is 411 g/mol. The minimum Gasteiger partial charge on any atom is -0.342 e. The lowest BCUT2D eigenvalue weighted by Crippen LogP contribution is -2.38. The minimum absolute atomic E-state index is 0.115. The molecule has 1 saturated heterocycles. The first-order valence-corrected chi connectivity index (χ1v) is 10.5. The Morgan fingerprint density at radius 3 is 2.65 bits per heavy atom. The van der Waals surface area contributed by atoms with Crippen LogP contribution in [0.4, 0.5) is 5.69 Å². The highest BCUT2D eigenvalue weighted by atomic mass is 35.5. The molecule has 2 aromatic rings. The van der Waals surface area contributed by atoms with Gasteiger partial charge < -0.3 is 10.2 Å². The summed E-state index contributed by atoms with van der Waals surface area (Å²) in [6, 6.07) is 6.83. The smallest absolute Gasteiger partial charge is 0.286 e. The first-order valence-electron chi connectivity index (χ1n) is 8.32. The number of hydrogen-bond donors (Lipinski definition) is 1. The van der Waals surface area contributed by atoms with Crippen LogP contribution in [0.1, 0.15) is 29.6 Å². The van der Waals surface area contributed by atoms with Gasteiger partial charge in [0.05, 0.1) is 5.75 Å². The van der Waals surface area contributed by atoms with Crippen LogP contribution in [0, 0.1) is 5.92 Å². The fourth-order valence-electron chi connectivity index (χ4n) is 2.55. The van der Waals surface area contributed by atoms with E-state index in [0.29, 0.717) is 26.7 Å². The third kappa shape index (κ3) is 5.18. The van der Waals surface area contributed by atoms with Gasteiger partial charge in [0.25, 0.3) is 5.91 Å². The van der Waals surface area contributed by atoms with Gasteiger partial charge in [-0.25, -0.2) is 0 Å². The van der Waals surface area contributed by atoms with Crippen LogP contribution in [0.3, 0.4) is 0 Å². The van der Waals surface area contributed by atoms with Crippen molar-refractivity contribution in [2.24, 2.45) is 5.92 Å². The number of thioether (sulfide) groups is 1. The van der Waals surface area contributed by atoms with Crippen molar-refractivity contribution in [3.05, 3.63) is 34.3 Å². The van der Waals surface area contributed by atoms with E-state index in [9.17, 15) is 9.59 Å². The molecule has 0 atom stereocenters. The molecule has 1 N–H and O–H groups in total. The van der Waals surface area contributed by atoms with E-state index >= 15 is 0 Å². The van der Waals surface area contributed by atoms with Gasteiger partial charge in [-0.2, -0.15) is 0 Å². The number of carbonyl (C=O) groups is 2. The number of aromatic nitrogens is 2. The van der Waals surface area contributed by atoms with Gasteiger partial charge in [-0.15, -0.1) is 10.2 Å². The van der Waals surface area contributed by atoms with Crippen LogP contribution in [-0.4, -0.2) is 45.8 Å². The number of rotatable bonds is 5. The zero-order chi connectivity index (χ0) is 18.5. The summed E-state index contributed by atoms with van der Waals surface area (Å²) >= 11 is 8.34. The van der Waals surface area contributed by atoms with E-state index < -0.39 is 0 Å². The topological polar surface area (TPSA) is 75.2 Å². The fourth-order valence-corrected chi connectivity index (χ4v) is 4.33. The summed E-state index contributed by atoms with van der Waals surface area (Å²) in [5.41, 5.74) is 0.637. The molecule has 1 aliphatic heterocycles. The van der Waals surface area contributed by atoms with Crippen molar-refractivity contribution in [3.63, 3.8) is 0 Å². The van der Waals surface area contributed by atoms with E-state index in [0.717, 1.165) is 25.9 Å². The number of benzene rings is 1. The molecule has 138 valence electrons. The van der Waals surface area contributed by atoms with Crippen LogP contribution in [0.5, 0.6) is 0 Å². The van der Waals surface area contributed by atoms with Crippen molar-refractivity contribution < 1.29 is 9.59 Å². The zero-order valence-electron chi connectivity index (χ0n) is 14.3. The Kier molecular flexibility index (Phi) is 6.50. The fraction of sp³-hybridized carbons (Fsp3) is 0.412. The Balaban J connectivity index is 1.50.